The summed E-state index contributed by atoms with van der Waals surface area (Å²) >= 11 is 0. The van der Waals surface area contributed by atoms with Gasteiger partial charge in [-0.3, -0.25) is 14.5 Å². The van der Waals surface area contributed by atoms with Crippen LogP contribution >= 0.6 is 0 Å². The Labute approximate surface area is 165 Å². The molecule has 3 aliphatic rings. The van der Waals surface area contributed by atoms with E-state index in [1.807, 2.05) is 0 Å². The summed E-state index contributed by atoms with van der Waals surface area (Å²) < 4.78 is 11.3. The molecule has 0 aromatic carbocycles. The van der Waals surface area contributed by atoms with E-state index in [-0.39, 0.29) is 36.4 Å². The number of carbonyl (C=O) groups excluding carboxylic acids is 3. The molecule has 0 aromatic heterocycles. The fourth-order valence-corrected chi connectivity index (χ4v) is 4.62. The van der Waals surface area contributed by atoms with Crippen molar-refractivity contribution in [2.45, 2.75) is 83.2 Å². The van der Waals surface area contributed by atoms with Crippen LogP contribution in [-0.4, -0.2) is 70.6 Å². The highest BCUT2D eigenvalue weighted by molar-refractivity contribution is 5.88. The van der Waals surface area contributed by atoms with E-state index >= 15 is 0 Å². The van der Waals surface area contributed by atoms with E-state index in [0.717, 1.165) is 6.42 Å². The number of Topliss-reactive ketones (excluding diaryl/α,β-unsaturated/α-hetero) is 1. The summed E-state index contributed by atoms with van der Waals surface area (Å²) in [5.41, 5.74) is -0.689. The highest BCUT2D eigenvalue weighted by Gasteiger charge is 2.58. The second-order valence-corrected chi connectivity index (χ2v) is 9.00. The van der Waals surface area contributed by atoms with Gasteiger partial charge in [-0.1, -0.05) is 0 Å². The minimum absolute atomic E-state index is 0.00269. The van der Waals surface area contributed by atoms with E-state index in [2.05, 4.69) is 6.07 Å². The average molecular weight is 391 g/mol. The molecule has 0 radical (unpaired) electrons. The van der Waals surface area contributed by atoms with Gasteiger partial charge in [0.05, 0.1) is 18.2 Å². The lowest BCUT2D eigenvalue weighted by Crippen LogP contribution is -2.58. The van der Waals surface area contributed by atoms with Crippen LogP contribution in [0.5, 0.6) is 0 Å². The first kappa shape index (κ1) is 20.6. The van der Waals surface area contributed by atoms with Crippen LogP contribution in [-0.2, 0) is 19.1 Å². The molecule has 2 amide bonds. The van der Waals surface area contributed by atoms with Crippen LogP contribution in [0.15, 0.2) is 0 Å². The van der Waals surface area contributed by atoms with Gasteiger partial charge in [-0.2, -0.15) is 5.26 Å². The van der Waals surface area contributed by atoms with Crippen LogP contribution < -0.4 is 0 Å². The average Bonchev–Trinajstić information content (AvgIpc) is 3.30. The zero-order valence-corrected chi connectivity index (χ0v) is 17.0. The third-order valence-electron chi connectivity index (χ3n) is 5.65. The Kier molecular flexibility index (Phi) is 5.67. The molecule has 8 heteroatoms. The van der Waals surface area contributed by atoms with Crippen molar-refractivity contribution in [1.82, 2.24) is 9.80 Å². The fourth-order valence-electron chi connectivity index (χ4n) is 4.62. The van der Waals surface area contributed by atoms with Crippen LogP contribution in [0, 0.1) is 17.2 Å². The molecule has 0 aromatic rings. The van der Waals surface area contributed by atoms with Gasteiger partial charge in [0.2, 0.25) is 5.91 Å². The van der Waals surface area contributed by atoms with Crippen molar-refractivity contribution in [1.29, 1.82) is 5.26 Å². The van der Waals surface area contributed by atoms with Crippen molar-refractivity contribution in [3.63, 3.8) is 0 Å². The molecule has 2 aliphatic heterocycles. The smallest absolute Gasteiger partial charge is 0.411 e. The van der Waals surface area contributed by atoms with Gasteiger partial charge in [-0.25, -0.2) is 4.79 Å². The van der Waals surface area contributed by atoms with Crippen molar-refractivity contribution < 1.29 is 23.9 Å². The second kappa shape index (κ2) is 7.70. The van der Waals surface area contributed by atoms with Crippen LogP contribution in [0.25, 0.3) is 0 Å². The van der Waals surface area contributed by atoms with Crippen molar-refractivity contribution in [2.75, 3.05) is 13.2 Å². The Morgan fingerprint density at radius 3 is 2.54 bits per heavy atom. The molecule has 2 saturated heterocycles. The van der Waals surface area contributed by atoms with E-state index in [4.69, 9.17) is 9.47 Å². The van der Waals surface area contributed by atoms with Gasteiger partial charge in [0.25, 0.3) is 0 Å². The topological polar surface area (TPSA) is 99.9 Å². The first-order valence-electron chi connectivity index (χ1n) is 9.95. The van der Waals surface area contributed by atoms with E-state index in [1.54, 1.807) is 25.7 Å². The number of hydrogen-bond acceptors (Lipinski definition) is 6. The summed E-state index contributed by atoms with van der Waals surface area (Å²) in [4.78, 5) is 40.7. The zero-order valence-electron chi connectivity index (χ0n) is 17.0. The Morgan fingerprint density at radius 1 is 1.21 bits per heavy atom. The molecule has 2 heterocycles. The summed E-state index contributed by atoms with van der Waals surface area (Å²) in [6.07, 6.45) is 1.90. The largest absolute Gasteiger partial charge is 0.444 e. The molecule has 2 bridgehead atoms. The number of ether oxygens (including phenoxy) is 2. The molecule has 3 fully saturated rings. The van der Waals surface area contributed by atoms with E-state index in [1.165, 1.54) is 11.8 Å². The SMILES string of the molecule is CC(=O)CO[C@@H]1C[C@@H]2C[C@H]1N(C(=O)OC(C)(C)C)[C@@H]2C(=O)N1CCC[C@H]1C#N. The number of hydrogen-bond donors (Lipinski definition) is 0. The maximum absolute atomic E-state index is 13.3. The highest BCUT2D eigenvalue weighted by Crippen LogP contribution is 2.45. The third-order valence-corrected chi connectivity index (χ3v) is 5.65. The highest BCUT2D eigenvalue weighted by atomic mass is 16.6. The summed E-state index contributed by atoms with van der Waals surface area (Å²) in [7, 11) is 0. The Balaban J connectivity index is 1.82. The van der Waals surface area contributed by atoms with E-state index in [9.17, 15) is 19.6 Å². The molecule has 154 valence electrons. The van der Waals surface area contributed by atoms with E-state index < -0.39 is 23.8 Å². The number of ketones is 1. The summed E-state index contributed by atoms with van der Waals surface area (Å²) in [6, 6.07) is 0.833. The summed E-state index contributed by atoms with van der Waals surface area (Å²) in [5, 5.41) is 9.35. The monoisotopic (exact) mass is 391 g/mol. The van der Waals surface area contributed by atoms with Crippen molar-refractivity contribution in [3.8, 4) is 6.07 Å². The van der Waals surface area contributed by atoms with Crippen molar-refractivity contribution >= 4 is 17.8 Å². The molecule has 0 spiro atoms. The van der Waals surface area contributed by atoms with Gasteiger partial charge in [0.1, 0.15) is 24.3 Å². The lowest BCUT2D eigenvalue weighted by atomic mass is 9.96. The number of nitriles is 1. The summed E-state index contributed by atoms with van der Waals surface area (Å²) in [5.74, 6) is -0.303. The van der Waals surface area contributed by atoms with Crippen LogP contribution in [0.4, 0.5) is 4.79 Å². The Bertz CT molecular complexity index is 695. The standard InChI is InChI=1S/C20H29N3O5/c1-12(24)11-27-16-9-13-8-15(16)23(19(26)28-20(2,3)4)17(13)18(25)22-7-5-6-14(22)10-21/h13-17H,5-9,11H2,1-4H3/t13-,14-,15+,16+,17-/m0/s1. The van der Waals surface area contributed by atoms with Crippen molar-refractivity contribution in [2.24, 2.45) is 5.92 Å². The predicted octanol–water partition coefficient (Wildman–Crippen LogP) is 1.87. The maximum atomic E-state index is 13.3. The third kappa shape index (κ3) is 4.00. The molecule has 8 nitrogen and oxygen atoms in total. The van der Waals surface area contributed by atoms with Gasteiger partial charge < -0.3 is 14.4 Å². The van der Waals surface area contributed by atoms with Crippen molar-refractivity contribution in [3.05, 3.63) is 0 Å². The molecule has 0 unspecified atom stereocenters. The fraction of sp³-hybridized carbons (Fsp3) is 0.800. The van der Waals surface area contributed by atoms with Crippen LogP contribution in [0.2, 0.25) is 0 Å². The van der Waals surface area contributed by atoms with Gasteiger partial charge in [-0.15, -0.1) is 0 Å². The number of piperidine rings is 1. The number of fused-ring (bicyclic) bond motifs is 2. The van der Waals surface area contributed by atoms with Gasteiger partial charge in [0.15, 0.2) is 5.78 Å². The first-order valence-corrected chi connectivity index (χ1v) is 9.95. The summed E-state index contributed by atoms with van der Waals surface area (Å²) in [6.45, 7) is 7.35. The lowest BCUT2D eigenvalue weighted by Gasteiger charge is -2.40. The molecule has 28 heavy (non-hydrogen) atoms. The normalized spacial score (nSPS) is 31.8. The van der Waals surface area contributed by atoms with Gasteiger partial charge in [-0.05, 0) is 59.3 Å². The van der Waals surface area contributed by atoms with Gasteiger partial charge >= 0.3 is 6.09 Å². The lowest BCUT2D eigenvalue weighted by molar-refractivity contribution is -0.142. The molecule has 3 rings (SSSR count). The number of likely N-dealkylation sites (tertiary alicyclic amines) is 2. The number of rotatable bonds is 4. The molecule has 5 atom stereocenters. The molecular weight excluding hydrogens is 362 g/mol. The molecule has 1 aliphatic carbocycles. The number of nitrogens with zero attached hydrogens (tertiary/aromatic N) is 3. The molecule has 1 saturated carbocycles. The zero-order chi connectivity index (χ0) is 20.6. The van der Waals surface area contributed by atoms with Crippen LogP contribution in [0.1, 0.15) is 53.4 Å². The first-order chi connectivity index (χ1) is 13.1. The maximum Gasteiger partial charge on any atom is 0.411 e. The minimum Gasteiger partial charge on any atom is -0.444 e. The molecule has 0 N–H and O–H groups in total. The minimum atomic E-state index is -0.689. The predicted molar refractivity (Wildman–Crippen MR) is 99.1 cm³/mol. The van der Waals surface area contributed by atoms with Crippen LogP contribution in [0.3, 0.4) is 0 Å². The Morgan fingerprint density at radius 2 is 1.93 bits per heavy atom. The van der Waals surface area contributed by atoms with Gasteiger partial charge in [0, 0.05) is 6.54 Å². The quantitative estimate of drug-likeness (QED) is 0.725. The molecular formula is C20H29N3O5. The van der Waals surface area contributed by atoms with E-state index in [0.29, 0.717) is 25.8 Å². The second-order valence-electron chi connectivity index (χ2n) is 9.00. The number of carbonyl (C=O) groups is 3. The Hall–Kier alpha value is -2.14. The number of amides is 2.